The minimum atomic E-state index is -0.273. The van der Waals surface area contributed by atoms with E-state index in [4.69, 9.17) is 21.6 Å². The van der Waals surface area contributed by atoms with Gasteiger partial charge in [0.25, 0.3) is 0 Å². The Morgan fingerprint density at radius 2 is 1.49 bits per heavy atom. The summed E-state index contributed by atoms with van der Waals surface area (Å²) in [5.74, 6) is 0.923. The first-order valence-electron chi connectivity index (χ1n) is 13.9. The van der Waals surface area contributed by atoms with Crippen molar-refractivity contribution < 1.29 is 8.78 Å². The number of benzene rings is 2. The molecular formula is C30H33ClF2N6. The number of imidazole rings is 1. The number of fused-ring (bicyclic) bond motifs is 1. The fraction of sp³-hybridized carbons (Fsp3) is 0.433. The second-order valence-electron chi connectivity index (χ2n) is 10.8. The van der Waals surface area contributed by atoms with Crippen molar-refractivity contribution in [1.29, 1.82) is 0 Å². The van der Waals surface area contributed by atoms with E-state index >= 15 is 0 Å². The normalized spacial score (nSPS) is 20.3. The summed E-state index contributed by atoms with van der Waals surface area (Å²) in [5, 5.41) is 0.232. The van der Waals surface area contributed by atoms with Crippen molar-refractivity contribution in [3.63, 3.8) is 0 Å². The van der Waals surface area contributed by atoms with Crippen molar-refractivity contribution in [2.75, 3.05) is 18.0 Å². The fourth-order valence-corrected chi connectivity index (χ4v) is 6.10. The number of hydrogen-bond acceptors (Lipinski definition) is 5. The van der Waals surface area contributed by atoms with E-state index < -0.39 is 0 Å². The van der Waals surface area contributed by atoms with Gasteiger partial charge in [0.1, 0.15) is 11.6 Å². The van der Waals surface area contributed by atoms with Crippen LogP contribution in [0.15, 0.2) is 54.9 Å². The molecule has 2 fully saturated rings. The number of halogens is 3. The summed E-state index contributed by atoms with van der Waals surface area (Å²) in [7, 11) is 0. The third-order valence-corrected chi connectivity index (χ3v) is 8.40. The van der Waals surface area contributed by atoms with Crippen molar-refractivity contribution >= 4 is 28.6 Å². The molecule has 4 aromatic rings. The molecule has 1 saturated heterocycles. The van der Waals surface area contributed by atoms with Crippen LogP contribution in [0.25, 0.3) is 11.2 Å². The maximum atomic E-state index is 13.9. The van der Waals surface area contributed by atoms with Crippen LogP contribution in [-0.2, 0) is 6.54 Å². The number of aromatic nitrogens is 4. The van der Waals surface area contributed by atoms with E-state index in [1.54, 1.807) is 0 Å². The first-order chi connectivity index (χ1) is 18.9. The second kappa shape index (κ2) is 10.8. The molecule has 6 nitrogen and oxygen atoms in total. The van der Waals surface area contributed by atoms with Crippen molar-refractivity contribution in [3.05, 3.63) is 82.9 Å². The third-order valence-electron chi connectivity index (χ3n) is 8.23. The lowest BCUT2D eigenvalue weighted by Gasteiger charge is -2.49. The van der Waals surface area contributed by atoms with Gasteiger partial charge in [0.15, 0.2) is 17.0 Å². The largest absolute Gasteiger partial charge is 0.349 e. The molecule has 2 atom stereocenters. The molecule has 3 heterocycles. The highest BCUT2D eigenvalue weighted by molar-refractivity contribution is 6.28. The molecule has 2 aromatic carbocycles. The van der Waals surface area contributed by atoms with E-state index in [9.17, 15) is 8.78 Å². The molecule has 39 heavy (non-hydrogen) atoms. The molecule has 0 spiro atoms. The van der Waals surface area contributed by atoms with Crippen LogP contribution < -0.4 is 4.90 Å². The van der Waals surface area contributed by atoms with Gasteiger partial charge in [-0.15, -0.1) is 0 Å². The molecule has 1 saturated carbocycles. The zero-order chi connectivity index (χ0) is 27.1. The van der Waals surface area contributed by atoms with Gasteiger partial charge in [-0.2, -0.15) is 9.97 Å². The summed E-state index contributed by atoms with van der Waals surface area (Å²) < 4.78 is 29.9. The van der Waals surface area contributed by atoms with Gasteiger partial charge in [0.05, 0.1) is 12.4 Å². The summed E-state index contributed by atoms with van der Waals surface area (Å²) >= 11 is 6.49. The molecule has 2 aromatic heterocycles. The predicted molar refractivity (Wildman–Crippen MR) is 150 cm³/mol. The van der Waals surface area contributed by atoms with Gasteiger partial charge >= 0.3 is 0 Å². The highest BCUT2D eigenvalue weighted by Gasteiger charge is 2.39. The van der Waals surface area contributed by atoms with Gasteiger partial charge in [-0.3, -0.25) is 4.90 Å². The van der Waals surface area contributed by atoms with E-state index in [1.807, 2.05) is 30.6 Å². The van der Waals surface area contributed by atoms with Crippen molar-refractivity contribution in [2.24, 2.45) is 5.92 Å². The van der Waals surface area contributed by atoms with Gasteiger partial charge < -0.3 is 9.47 Å². The van der Waals surface area contributed by atoms with Crippen molar-refractivity contribution in [3.8, 4) is 0 Å². The molecule has 1 aliphatic heterocycles. The Balaban J connectivity index is 1.38. The van der Waals surface area contributed by atoms with Crippen LogP contribution in [0.3, 0.4) is 0 Å². The molecule has 0 N–H and O–H groups in total. The van der Waals surface area contributed by atoms with E-state index in [2.05, 4.69) is 33.2 Å². The first-order valence-corrected chi connectivity index (χ1v) is 14.2. The van der Waals surface area contributed by atoms with Crippen molar-refractivity contribution in [1.82, 2.24) is 24.4 Å². The molecule has 1 aliphatic carbocycles. The lowest BCUT2D eigenvalue weighted by atomic mass is 9.91. The van der Waals surface area contributed by atoms with Gasteiger partial charge in [-0.05, 0) is 78.6 Å². The van der Waals surface area contributed by atoms with E-state index in [0.717, 1.165) is 60.6 Å². The quantitative estimate of drug-likeness (QED) is 0.230. The number of hydrogen-bond donors (Lipinski definition) is 0. The lowest BCUT2D eigenvalue weighted by Crippen LogP contribution is -2.59. The van der Waals surface area contributed by atoms with E-state index in [0.29, 0.717) is 5.92 Å². The lowest BCUT2D eigenvalue weighted by molar-refractivity contribution is 0.110. The fourth-order valence-electron chi connectivity index (χ4n) is 5.94. The molecule has 9 heteroatoms. The Morgan fingerprint density at radius 3 is 2.05 bits per heavy atom. The topological polar surface area (TPSA) is 50.1 Å². The van der Waals surface area contributed by atoms with Crippen LogP contribution in [0.5, 0.6) is 0 Å². The van der Waals surface area contributed by atoms with E-state index in [-0.39, 0.29) is 35.0 Å². The highest BCUT2D eigenvalue weighted by Crippen LogP contribution is 2.38. The summed E-state index contributed by atoms with van der Waals surface area (Å²) in [5.41, 5.74) is 3.54. The predicted octanol–water partition coefficient (Wildman–Crippen LogP) is 6.64. The Hall–Kier alpha value is -3.10. The maximum Gasteiger partial charge on any atom is 0.226 e. The molecule has 0 radical (unpaired) electrons. The summed E-state index contributed by atoms with van der Waals surface area (Å²) in [4.78, 5) is 18.8. The minimum absolute atomic E-state index is 0.138. The Bertz CT molecular complexity index is 1390. The number of nitrogens with zero attached hydrogens (tertiary/aromatic N) is 6. The van der Waals surface area contributed by atoms with Gasteiger partial charge in [-0.1, -0.05) is 38.1 Å². The smallest absolute Gasteiger partial charge is 0.226 e. The number of rotatable bonds is 8. The SMILES string of the molecule is CC[C@H]1CN(C(c2ccc(F)cc2)c2ccc(F)cc2)[C@H](CC)CN1c1nc(Cl)nc2c1ncn2CC1CC1. The molecular weight excluding hydrogens is 518 g/mol. The molecule has 0 unspecified atom stereocenters. The standard InChI is InChI=1S/C30H33ClF2N6/c1-3-24-17-39(29-26-28(35-30(31)36-29)37(18-34-26)15-19-5-6-19)25(4-2)16-38(24)27(20-7-11-22(32)12-8-20)21-9-13-23(33)14-10-21/h7-14,18-19,24-25,27H,3-6,15-17H2,1-2H3/t24-,25+/m1/s1. The van der Waals surface area contributed by atoms with Crippen LogP contribution in [0, 0.1) is 17.6 Å². The van der Waals surface area contributed by atoms with Gasteiger partial charge in [0.2, 0.25) is 5.28 Å². The van der Waals surface area contributed by atoms with Crippen LogP contribution in [-0.4, -0.2) is 49.6 Å². The monoisotopic (exact) mass is 550 g/mol. The Morgan fingerprint density at radius 1 is 0.872 bits per heavy atom. The Kier molecular flexibility index (Phi) is 7.25. The van der Waals surface area contributed by atoms with Gasteiger partial charge in [-0.25, -0.2) is 13.8 Å². The maximum absolute atomic E-state index is 13.9. The third kappa shape index (κ3) is 5.24. The summed E-state index contributed by atoms with van der Waals surface area (Å²) in [6.07, 6.45) is 6.13. The van der Waals surface area contributed by atoms with Crippen LogP contribution in [0.2, 0.25) is 5.28 Å². The first kappa shape index (κ1) is 26.1. The number of piperazine rings is 1. The average molecular weight is 551 g/mol. The molecule has 204 valence electrons. The molecule has 0 bridgehead atoms. The highest BCUT2D eigenvalue weighted by atomic mass is 35.5. The molecule has 6 rings (SSSR count). The minimum Gasteiger partial charge on any atom is -0.349 e. The Labute approximate surface area is 232 Å². The van der Waals surface area contributed by atoms with Gasteiger partial charge in [0, 0.05) is 31.7 Å². The summed E-state index contributed by atoms with van der Waals surface area (Å²) in [6.45, 7) is 6.75. The zero-order valence-electron chi connectivity index (χ0n) is 22.3. The van der Waals surface area contributed by atoms with Crippen LogP contribution in [0.1, 0.15) is 56.7 Å². The molecule has 2 aliphatic rings. The number of anilines is 1. The molecule has 0 amide bonds. The van der Waals surface area contributed by atoms with Crippen molar-refractivity contribution in [2.45, 2.75) is 64.2 Å². The average Bonchev–Trinajstić information content (AvgIpc) is 3.68. The van der Waals surface area contributed by atoms with Crippen LogP contribution in [0.4, 0.5) is 14.6 Å². The summed E-state index contributed by atoms with van der Waals surface area (Å²) in [6, 6.07) is 13.5. The zero-order valence-corrected chi connectivity index (χ0v) is 23.0. The van der Waals surface area contributed by atoms with E-state index in [1.165, 1.54) is 37.1 Å². The van der Waals surface area contributed by atoms with Crippen LogP contribution >= 0.6 is 11.6 Å². The second-order valence-corrected chi connectivity index (χ2v) is 11.1.